The molecule has 1 N–H and O–H groups in total. The lowest BCUT2D eigenvalue weighted by Gasteiger charge is -2.22. The normalized spacial score (nSPS) is 16.3. The van der Waals surface area contributed by atoms with Crippen LogP contribution in [0.25, 0.3) is 21.5 Å². The molecule has 1 atom stereocenters. The van der Waals surface area contributed by atoms with E-state index in [1.165, 1.54) is 11.3 Å². The van der Waals surface area contributed by atoms with E-state index in [9.17, 15) is 4.79 Å². The molecule has 3 heterocycles. The van der Waals surface area contributed by atoms with E-state index < -0.39 is 0 Å². The van der Waals surface area contributed by atoms with Crippen molar-refractivity contribution in [2.75, 3.05) is 6.54 Å². The number of likely N-dealkylation sites (tertiary alicyclic amines) is 1. The quantitative estimate of drug-likeness (QED) is 0.328. The number of halogens is 2. The number of hydrogen-bond acceptors (Lipinski definition) is 4. The first kappa shape index (κ1) is 21.2. The smallest absolute Gasteiger partial charge is 0.274 e. The lowest BCUT2D eigenvalue weighted by molar-refractivity contribution is 0.0728. The maximum absolute atomic E-state index is 13.7. The molecule has 1 aliphatic heterocycles. The second kappa shape index (κ2) is 8.03. The Bertz CT molecular complexity index is 1390. The summed E-state index contributed by atoms with van der Waals surface area (Å²) < 4.78 is 0. The Morgan fingerprint density at radius 2 is 2.03 bits per heavy atom. The van der Waals surface area contributed by atoms with Gasteiger partial charge in [-0.2, -0.15) is 0 Å². The Morgan fingerprint density at radius 1 is 1.22 bits per heavy atom. The summed E-state index contributed by atoms with van der Waals surface area (Å²) in [6.07, 6.45) is 0.647. The number of nitrogens with zero attached hydrogens (tertiary/aromatic N) is 3. The molecule has 4 aromatic rings. The number of carbonyl (C=O) groups excluding carboxylic acids is 1. The van der Waals surface area contributed by atoms with Crippen LogP contribution in [0.15, 0.2) is 48.6 Å². The Balaban J connectivity index is 1.55. The van der Waals surface area contributed by atoms with Gasteiger partial charge in [0.15, 0.2) is 0 Å². The van der Waals surface area contributed by atoms with Gasteiger partial charge in [-0.25, -0.2) is 9.97 Å². The van der Waals surface area contributed by atoms with Gasteiger partial charge >= 0.3 is 0 Å². The molecule has 0 aliphatic carbocycles. The second-order valence-electron chi connectivity index (χ2n) is 8.01. The van der Waals surface area contributed by atoms with Crippen molar-refractivity contribution >= 4 is 51.5 Å². The van der Waals surface area contributed by atoms with E-state index in [0.29, 0.717) is 28.7 Å². The van der Waals surface area contributed by atoms with Gasteiger partial charge in [-0.15, -0.1) is 11.3 Å². The van der Waals surface area contributed by atoms with E-state index in [1.807, 2.05) is 50.2 Å². The minimum absolute atomic E-state index is 0.136. The Hall–Kier alpha value is -2.67. The molecule has 5 rings (SSSR count). The van der Waals surface area contributed by atoms with Crippen molar-refractivity contribution in [1.29, 1.82) is 0 Å². The van der Waals surface area contributed by atoms with Crippen molar-refractivity contribution in [3.63, 3.8) is 0 Å². The third kappa shape index (κ3) is 3.62. The lowest BCUT2D eigenvalue weighted by Crippen LogP contribution is -2.31. The highest BCUT2D eigenvalue weighted by Crippen LogP contribution is 2.38. The Kier molecular flexibility index (Phi) is 5.32. The van der Waals surface area contributed by atoms with Gasteiger partial charge in [-0.1, -0.05) is 47.5 Å². The number of H-pyrrole nitrogens is 1. The van der Waals surface area contributed by atoms with Crippen LogP contribution in [0.4, 0.5) is 0 Å². The number of carbonyl (C=O) groups is 1. The van der Waals surface area contributed by atoms with Gasteiger partial charge in [0, 0.05) is 16.6 Å². The molecule has 162 valence electrons. The van der Waals surface area contributed by atoms with Crippen LogP contribution in [0.1, 0.15) is 39.3 Å². The number of aromatic amines is 1. The summed E-state index contributed by atoms with van der Waals surface area (Å²) in [6, 6.07) is 11.0. The molecule has 0 saturated carbocycles. The second-order valence-corrected chi connectivity index (χ2v) is 10.1. The predicted octanol–water partition coefficient (Wildman–Crippen LogP) is 6.75. The molecule has 0 spiro atoms. The van der Waals surface area contributed by atoms with Gasteiger partial charge in [-0.3, -0.25) is 4.79 Å². The highest BCUT2D eigenvalue weighted by atomic mass is 35.5. The van der Waals surface area contributed by atoms with Gasteiger partial charge in [0.1, 0.15) is 11.5 Å². The fraction of sp³-hybridized carbons (Fsp3) is 0.208. The largest absolute Gasteiger partial charge is 0.340 e. The lowest BCUT2D eigenvalue weighted by atomic mass is 10.1. The van der Waals surface area contributed by atoms with Crippen molar-refractivity contribution in [2.45, 2.75) is 26.3 Å². The highest BCUT2D eigenvalue weighted by molar-refractivity contribution is 7.15. The Morgan fingerprint density at radius 3 is 2.81 bits per heavy atom. The molecule has 2 aromatic carbocycles. The molecule has 2 aromatic heterocycles. The molecule has 0 radical (unpaired) electrons. The van der Waals surface area contributed by atoms with Crippen LogP contribution in [0.2, 0.25) is 10.0 Å². The molecule has 1 saturated heterocycles. The number of fused-ring (bicyclic) bond motifs is 1. The van der Waals surface area contributed by atoms with E-state index in [4.69, 9.17) is 28.2 Å². The number of hydrogen-bond donors (Lipinski definition) is 1. The Labute approximate surface area is 199 Å². The van der Waals surface area contributed by atoms with Crippen molar-refractivity contribution in [3.05, 3.63) is 80.7 Å². The van der Waals surface area contributed by atoms with Crippen molar-refractivity contribution < 1.29 is 4.79 Å². The van der Waals surface area contributed by atoms with Crippen molar-refractivity contribution in [2.24, 2.45) is 0 Å². The van der Waals surface area contributed by atoms with E-state index >= 15 is 0 Å². The first-order valence-corrected chi connectivity index (χ1v) is 11.7. The predicted molar refractivity (Wildman–Crippen MR) is 131 cm³/mol. The third-order valence-electron chi connectivity index (χ3n) is 5.71. The number of imidazole rings is 1. The van der Waals surface area contributed by atoms with Crippen molar-refractivity contribution in [3.8, 4) is 10.4 Å². The summed E-state index contributed by atoms with van der Waals surface area (Å²) in [7, 11) is 0. The molecule has 1 fully saturated rings. The number of thiazole rings is 1. The fourth-order valence-corrected chi connectivity index (χ4v) is 5.40. The van der Waals surface area contributed by atoms with E-state index in [0.717, 1.165) is 43.4 Å². The SMILES string of the molecule is C=C1C[C@@H](c2nc3c(C)c(Cl)ccc3[nH]2)N(C(=O)c2nc(C)sc2-c2cccc(Cl)c2)C1. The minimum Gasteiger partial charge on any atom is -0.340 e. The van der Waals surface area contributed by atoms with Gasteiger partial charge in [0.25, 0.3) is 5.91 Å². The molecule has 5 nitrogen and oxygen atoms in total. The summed E-state index contributed by atoms with van der Waals surface area (Å²) in [5, 5.41) is 2.12. The summed E-state index contributed by atoms with van der Waals surface area (Å²) >= 11 is 14.0. The van der Waals surface area contributed by atoms with Gasteiger partial charge in [0.05, 0.1) is 27.0 Å². The van der Waals surface area contributed by atoms with Crippen LogP contribution >= 0.6 is 34.5 Å². The number of aromatic nitrogens is 3. The molecule has 0 bridgehead atoms. The first-order chi connectivity index (χ1) is 15.3. The maximum Gasteiger partial charge on any atom is 0.274 e. The topological polar surface area (TPSA) is 61.9 Å². The number of amides is 1. The zero-order valence-electron chi connectivity index (χ0n) is 17.6. The zero-order chi connectivity index (χ0) is 22.6. The van der Waals surface area contributed by atoms with Gasteiger partial charge in [-0.05, 0) is 55.7 Å². The zero-order valence-corrected chi connectivity index (χ0v) is 19.9. The van der Waals surface area contributed by atoms with Crippen LogP contribution in [0.5, 0.6) is 0 Å². The summed E-state index contributed by atoms with van der Waals surface area (Å²) in [5.41, 5.74) is 4.94. The van der Waals surface area contributed by atoms with E-state index in [-0.39, 0.29) is 11.9 Å². The molecule has 1 amide bonds. The first-order valence-electron chi connectivity index (χ1n) is 10.2. The molecule has 1 aliphatic rings. The number of rotatable bonds is 3. The van der Waals surface area contributed by atoms with Gasteiger partial charge < -0.3 is 9.88 Å². The fourth-order valence-electron chi connectivity index (χ4n) is 4.16. The molecule has 32 heavy (non-hydrogen) atoms. The van der Waals surface area contributed by atoms with E-state index in [2.05, 4.69) is 16.5 Å². The highest BCUT2D eigenvalue weighted by Gasteiger charge is 2.37. The van der Waals surface area contributed by atoms with Crippen LogP contribution in [0.3, 0.4) is 0 Å². The average Bonchev–Trinajstić information content (AvgIpc) is 3.46. The molecule has 0 unspecified atom stereocenters. The number of nitrogens with one attached hydrogen (secondary N) is 1. The standard InChI is InChI=1S/C24H20Cl2N4OS/c1-12-9-19(23-28-18-8-7-17(26)13(2)20(18)29-23)30(11-12)24(31)21-22(32-14(3)27-21)15-5-4-6-16(25)10-15/h4-8,10,19H,1,9,11H2,2-3H3,(H,28,29)/t19-/m0/s1. The minimum atomic E-state index is -0.241. The van der Waals surface area contributed by atoms with Crippen molar-refractivity contribution in [1.82, 2.24) is 19.9 Å². The average molecular weight is 483 g/mol. The monoisotopic (exact) mass is 482 g/mol. The molecular weight excluding hydrogens is 463 g/mol. The number of aryl methyl sites for hydroxylation is 2. The summed E-state index contributed by atoms with van der Waals surface area (Å²) in [5.74, 6) is 0.594. The molecular formula is C24H20Cl2N4OS. The van der Waals surface area contributed by atoms with Crippen LogP contribution in [-0.4, -0.2) is 32.3 Å². The molecule has 8 heteroatoms. The summed E-state index contributed by atoms with van der Waals surface area (Å²) in [4.78, 5) is 29.1. The maximum atomic E-state index is 13.7. The van der Waals surface area contributed by atoms with Crippen LogP contribution in [-0.2, 0) is 0 Å². The van der Waals surface area contributed by atoms with Crippen LogP contribution < -0.4 is 0 Å². The van der Waals surface area contributed by atoms with Gasteiger partial charge in [0.2, 0.25) is 0 Å². The third-order valence-corrected chi connectivity index (χ3v) is 7.38. The summed E-state index contributed by atoms with van der Waals surface area (Å²) in [6.45, 7) is 8.46. The van der Waals surface area contributed by atoms with Crippen LogP contribution in [0, 0.1) is 13.8 Å². The van der Waals surface area contributed by atoms with E-state index in [1.54, 1.807) is 4.90 Å². The number of benzene rings is 2.